The lowest BCUT2D eigenvalue weighted by Gasteiger charge is -2.43. The maximum Gasteiger partial charge on any atom is 0.157 e. The molecule has 4 N–H and O–H groups in total. The van der Waals surface area contributed by atoms with Gasteiger partial charge in [0, 0.05) is 16.9 Å². The van der Waals surface area contributed by atoms with E-state index in [9.17, 15) is 15.1 Å². The highest BCUT2D eigenvalue weighted by Crippen LogP contribution is 2.51. The van der Waals surface area contributed by atoms with Crippen LogP contribution < -0.4 is 5.73 Å². The Balaban J connectivity index is 1.58. The Bertz CT molecular complexity index is 482. The lowest BCUT2D eigenvalue weighted by atomic mass is 9.63. The van der Waals surface area contributed by atoms with Crippen molar-refractivity contribution in [1.82, 2.24) is 0 Å². The average Bonchev–Trinajstić information content (AvgIpc) is 2.57. The third-order valence-corrected chi connectivity index (χ3v) is 7.23. The van der Waals surface area contributed by atoms with Crippen molar-refractivity contribution in [2.45, 2.75) is 116 Å². The fourth-order valence-electron chi connectivity index (χ4n) is 4.95. The number of rotatable bonds is 14. The van der Waals surface area contributed by atoms with Crippen LogP contribution in [0.15, 0.2) is 16.9 Å². The van der Waals surface area contributed by atoms with Crippen LogP contribution >= 0.6 is 0 Å². The van der Waals surface area contributed by atoms with Gasteiger partial charge in [-0.3, -0.25) is 0 Å². The first-order valence-corrected chi connectivity index (χ1v) is 11.1. The van der Waals surface area contributed by atoms with E-state index in [-0.39, 0.29) is 16.9 Å². The molecule has 0 amide bonds. The van der Waals surface area contributed by atoms with Gasteiger partial charge in [-0.15, -0.1) is 4.91 Å². The molecule has 0 bridgehead atoms. The number of nitroso groups, excluding NO2 is 1. The number of allylic oxidation sites excluding steroid dienone is 2. The molecule has 0 aromatic carbocycles. The molecule has 0 saturated heterocycles. The van der Waals surface area contributed by atoms with Gasteiger partial charge in [0.25, 0.3) is 0 Å². The van der Waals surface area contributed by atoms with Crippen molar-refractivity contribution >= 4 is 0 Å². The van der Waals surface area contributed by atoms with Crippen molar-refractivity contribution in [3.8, 4) is 0 Å². The third-order valence-electron chi connectivity index (χ3n) is 7.23. The standard InChI is InChI=1S/C22H40N2O3/c1-2-9-19(24-27)21(14-7-15-21)12-5-3-10-18(23)11-4-6-13-22(20(25)26)16-8-17-22/h9,18,20,25-26H,2-8,10-17,23H2,1H3/b19-9+. The first-order valence-electron chi connectivity index (χ1n) is 11.1. The molecule has 1 atom stereocenters. The van der Waals surface area contributed by atoms with E-state index in [0.29, 0.717) is 0 Å². The van der Waals surface area contributed by atoms with Crippen LogP contribution in [0.3, 0.4) is 0 Å². The topological polar surface area (TPSA) is 95.9 Å². The molecular weight excluding hydrogens is 340 g/mol. The molecule has 0 aromatic rings. The van der Waals surface area contributed by atoms with E-state index in [1.165, 1.54) is 6.42 Å². The van der Waals surface area contributed by atoms with Crippen LogP contribution in [0.25, 0.3) is 0 Å². The molecule has 0 spiro atoms. The van der Waals surface area contributed by atoms with Crippen molar-refractivity contribution in [1.29, 1.82) is 0 Å². The summed E-state index contributed by atoms with van der Waals surface area (Å²) < 4.78 is 0. The number of aliphatic hydroxyl groups excluding tert-OH is 1. The van der Waals surface area contributed by atoms with Crippen LogP contribution in [0.5, 0.6) is 0 Å². The molecule has 5 heteroatoms. The first-order chi connectivity index (χ1) is 13.0. The molecule has 2 rings (SSSR count). The van der Waals surface area contributed by atoms with Crippen molar-refractivity contribution in [2.24, 2.45) is 21.7 Å². The van der Waals surface area contributed by atoms with Gasteiger partial charge in [-0.05, 0) is 63.0 Å². The Morgan fingerprint density at radius 2 is 1.63 bits per heavy atom. The zero-order valence-corrected chi connectivity index (χ0v) is 17.2. The molecule has 0 aromatic heterocycles. The number of aliphatic hydroxyl groups is 2. The molecule has 156 valence electrons. The maximum absolute atomic E-state index is 11.2. The highest BCUT2D eigenvalue weighted by Gasteiger charge is 2.42. The Kier molecular flexibility index (Phi) is 8.90. The maximum atomic E-state index is 11.2. The predicted octanol–water partition coefficient (Wildman–Crippen LogP) is 5.15. The Labute approximate surface area is 164 Å². The second-order valence-electron chi connectivity index (χ2n) is 9.06. The molecule has 0 aliphatic heterocycles. The fraction of sp³-hybridized carbons (Fsp3) is 0.909. The molecular formula is C22H40N2O3. The number of nitrogens with two attached hydrogens (primary N) is 1. The Hall–Kier alpha value is -0.780. The largest absolute Gasteiger partial charge is 0.368 e. The van der Waals surface area contributed by atoms with Crippen LogP contribution in [0.1, 0.15) is 103 Å². The van der Waals surface area contributed by atoms with Crippen molar-refractivity contribution < 1.29 is 10.2 Å². The van der Waals surface area contributed by atoms with Crippen molar-refractivity contribution in [3.05, 3.63) is 16.7 Å². The molecule has 1 unspecified atom stereocenters. The minimum Gasteiger partial charge on any atom is -0.368 e. The minimum atomic E-state index is -1.16. The van der Waals surface area contributed by atoms with Crippen molar-refractivity contribution in [2.75, 3.05) is 0 Å². The number of hydrogen-bond acceptors (Lipinski definition) is 5. The Morgan fingerprint density at radius 1 is 1.04 bits per heavy atom. The number of unbranched alkanes of at least 4 members (excludes halogenated alkanes) is 2. The summed E-state index contributed by atoms with van der Waals surface area (Å²) in [6.07, 6.45) is 16.5. The van der Waals surface area contributed by atoms with E-state index in [1.54, 1.807) is 0 Å². The van der Waals surface area contributed by atoms with E-state index in [0.717, 1.165) is 95.6 Å². The van der Waals surface area contributed by atoms with E-state index in [1.807, 2.05) is 6.08 Å². The van der Waals surface area contributed by atoms with Crippen LogP contribution in [0.2, 0.25) is 0 Å². The molecule has 0 heterocycles. The average molecular weight is 381 g/mol. The summed E-state index contributed by atoms with van der Waals surface area (Å²) in [6.45, 7) is 2.06. The van der Waals surface area contributed by atoms with Crippen LogP contribution in [0, 0.1) is 15.7 Å². The fourth-order valence-corrected chi connectivity index (χ4v) is 4.95. The van der Waals surface area contributed by atoms with Gasteiger partial charge in [0.2, 0.25) is 0 Å². The van der Waals surface area contributed by atoms with Gasteiger partial charge in [0.05, 0.1) is 5.70 Å². The van der Waals surface area contributed by atoms with E-state index in [2.05, 4.69) is 12.1 Å². The summed E-state index contributed by atoms with van der Waals surface area (Å²) >= 11 is 0. The number of nitrogens with zero attached hydrogens (tertiary/aromatic N) is 1. The Morgan fingerprint density at radius 3 is 2.04 bits per heavy atom. The van der Waals surface area contributed by atoms with E-state index in [4.69, 9.17) is 5.73 Å². The SMILES string of the molecule is CC/C=C(/N=O)C1(CCCCC(N)CCCCC2(C(O)O)CCC2)CCC1. The molecule has 2 aliphatic rings. The van der Waals surface area contributed by atoms with Gasteiger partial charge in [0.15, 0.2) is 6.29 Å². The second kappa shape index (κ2) is 10.7. The van der Waals surface area contributed by atoms with Gasteiger partial charge in [-0.25, -0.2) is 0 Å². The van der Waals surface area contributed by atoms with Crippen LogP contribution in [-0.2, 0) is 0 Å². The van der Waals surface area contributed by atoms with Gasteiger partial charge in [0.1, 0.15) is 0 Å². The number of hydrogen-bond donors (Lipinski definition) is 3. The summed E-state index contributed by atoms with van der Waals surface area (Å²) in [5.41, 5.74) is 6.90. The van der Waals surface area contributed by atoms with Gasteiger partial charge < -0.3 is 15.9 Å². The molecule has 2 fully saturated rings. The van der Waals surface area contributed by atoms with Crippen molar-refractivity contribution in [3.63, 3.8) is 0 Å². The zero-order chi connectivity index (χ0) is 19.8. The molecule has 2 saturated carbocycles. The summed E-state index contributed by atoms with van der Waals surface area (Å²) in [6, 6.07) is 0.230. The lowest BCUT2D eigenvalue weighted by Crippen LogP contribution is -2.41. The summed E-state index contributed by atoms with van der Waals surface area (Å²) in [7, 11) is 0. The third kappa shape index (κ3) is 5.85. The summed E-state index contributed by atoms with van der Waals surface area (Å²) in [4.78, 5) is 11.2. The van der Waals surface area contributed by atoms with Gasteiger partial charge in [-0.1, -0.05) is 51.5 Å². The highest BCUT2D eigenvalue weighted by atomic mass is 16.5. The normalized spacial score (nSPS) is 22.2. The zero-order valence-electron chi connectivity index (χ0n) is 17.2. The van der Waals surface area contributed by atoms with Crippen LogP contribution in [0.4, 0.5) is 0 Å². The quantitative estimate of drug-likeness (QED) is 0.221. The minimum absolute atomic E-state index is 0.0596. The van der Waals surface area contributed by atoms with E-state index >= 15 is 0 Å². The second-order valence-corrected chi connectivity index (χ2v) is 9.06. The monoisotopic (exact) mass is 380 g/mol. The predicted molar refractivity (Wildman–Crippen MR) is 110 cm³/mol. The van der Waals surface area contributed by atoms with Gasteiger partial charge >= 0.3 is 0 Å². The smallest absolute Gasteiger partial charge is 0.157 e. The molecule has 2 aliphatic carbocycles. The highest BCUT2D eigenvalue weighted by molar-refractivity contribution is 5.16. The first kappa shape index (κ1) is 22.5. The van der Waals surface area contributed by atoms with Gasteiger partial charge in [-0.2, -0.15) is 0 Å². The summed E-state index contributed by atoms with van der Waals surface area (Å²) in [5, 5.41) is 22.4. The van der Waals surface area contributed by atoms with E-state index < -0.39 is 6.29 Å². The molecule has 5 nitrogen and oxygen atoms in total. The molecule has 27 heavy (non-hydrogen) atoms. The lowest BCUT2D eigenvalue weighted by molar-refractivity contribution is -0.171. The molecule has 0 radical (unpaired) electrons. The summed E-state index contributed by atoms with van der Waals surface area (Å²) in [5.74, 6) is 0. The van der Waals surface area contributed by atoms with Crippen LogP contribution in [-0.4, -0.2) is 22.5 Å².